The van der Waals surface area contributed by atoms with Crippen molar-refractivity contribution in [3.05, 3.63) is 23.8 Å². The summed E-state index contributed by atoms with van der Waals surface area (Å²) >= 11 is 0. The van der Waals surface area contributed by atoms with Gasteiger partial charge in [-0.1, -0.05) is 6.07 Å². The first kappa shape index (κ1) is 16.0. The van der Waals surface area contributed by atoms with Crippen LogP contribution in [0.4, 0.5) is 5.69 Å². The molecule has 0 aromatic heterocycles. The number of hydrogen-bond acceptors (Lipinski definition) is 5. The summed E-state index contributed by atoms with van der Waals surface area (Å²) in [6, 6.07) is 5.56. The highest BCUT2D eigenvalue weighted by Crippen LogP contribution is 2.27. The van der Waals surface area contributed by atoms with E-state index in [1.807, 2.05) is 32.0 Å². The molecule has 0 atom stereocenters. The molecular formula is C15H21NO4. The fourth-order valence-corrected chi connectivity index (χ4v) is 1.70. The lowest BCUT2D eigenvalue weighted by atomic mass is 10.2. The summed E-state index contributed by atoms with van der Waals surface area (Å²) in [5.74, 6) is 0.751. The maximum atomic E-state index is 11.5. The number of methoxy groups -OCH3 is 1. The van der Waals surface area contributed by atoms with Crippen molar-refractivity contribution < 1.29 is 19.0 Å². The van der Waals surface area contributed by atoms with Gasteiger partial charge < -0.3 is 14.2 Å². The minimum absolute atomic E-state index is 0.0261. The first-order valence-electron chi connectivity index (χ1n) is 6.61. The van der Waals surface area contributed by atoms with E-state index in [9.17, 15) is 4.79 Å². The standard InChI is InChI=1S/C15H21NO4/c1-5-19-14(10-15(17)20-6-2)16-12-8-7-9-13(18-4)11(12)3/h7-9H,5-6,10H2,1-4H3/b16-14-. The monoisotopic (exact) mass is 279 g/mol. The van der Waals surface area contributed by atoms with Gasteiger partial charge in [0.1, 0.15) is 12.2 Å². The van der Waals surface area contributed by atoms with Gasteiger partial charge in [-0.25, -0.2) is 4.99 Å². The molecule has 0 radical (unpaired) electrons. The van der Waals surface area contributed by atoms with Gasteiger partial charge in [-0.2, -0.15) is 0 Å². The summed E-state index contributed by atoms with van der Waals surface area (Å²) in [4.78, 5) is 15.9. The zero-order chi connectivity index (χ0) is 15.0. The van der Waals surface area contributed by atoms with Crippen molar-refractivity contribution >= 4 is 17.6 Å². The van der Waals surface area contributed by atoms with Crippen LogP contribution in [0.5, 0.6) is 5.75 Å². The Kier molecular flexibility index (Phi) is 6.56. The molecule has 1 aromatic rings. The molecule has 0 aliphatic carbocycles. The fraction of sp³-hybridized carbons (Fsp3) is 0.467. The second-order valence-corrected chi connectivity index (χ2v) is 4.02. The van der Waals surface area contributed by atoms with Gasteiger partial charge in [0.05, 0.1) is 26.0 Å². The summed E-state index contributed by atoms with van der Waals surface area (Å²) in [6.45, 7) is 6.31. The molecule has 0 fully saturated rings. The van der Waals surface area contributed by atoms with Crippen LogP contribution in [-0.2, 0) is 14.3 Å². The van der Waals surface area contributed by atoms with E-state index in [4.69, 9.17) is 14.2 Å². The van der Waals surface area contributed by atoms with Crippen LogP contribution in [0.25, 0.3) is 0 Å². The van der Waals surface area contributed by atoms with E-state index in [1.54, 1.807) is 14.0 Å². The highest BCUT2D eigenvalue weighted by atomic mass is 16.5. The first-order valence-corrected chi connectivity index (χ1v) is 6.61. The Morgan fingerprint density at radius 1 is 1.20 bits per heavy atom. The second-order valence-electron chi connectivity index (χ2n) is 4.02. The Balaban J connectivity index is 2.98. The third-order valence-corrected chi connectivity index (χ3v) is 2.63. The third-order valence-electron chi connectivity index (χ3n) is 2.63. The maximum Gasteiger partial charge on any atom is 0.315 e. The van der Waals surface area contributed by atoms with Crippen molar-refractivity contribution in [2.75, 3.05) is 20.3 Å². The summed E-state index contributed by atoms with van der Waals surface area (Å²) in [6.07, 6.45) is 0.0261. The Hall–Kier alpha value is -2.04. The molecule has 20 heavy (non-hydrogen) atoms. The van der Waals surface area contributed by atoms with E-state index < -0.39 is 0 Å². The van der Waals surface area contributed by atoms with Gasteiger partial charge in [-0.15, -0.1) is 0 Å². The van der Waals surface area contributed by atoms with E-state index >= 15 is 0 Å². The molecule has 0 aliphatic rings. The molecule has 1 aromatic carbocycles. The smallest absolute Gasteiger partial charge is 0.315 e. The topological polar surface area (TPSA) is 57.1 Å². The summed E-state index contributed by atoms with van der Waals surface area (Å²) in [5.41, 5.74) is 1.62. The first-order chi connectivity index (χ1) is 9.62. The molecule has 0 amide bonds. The highest BCUT2D eigenvalue weighted by Gasteiger charge is 2.11. The number of ether oxygens (including phenoxy) is 3. The summed E-state index contributed by atoms with van der Waals surface area (Å²) in [7, 11) is 1.61. The molecule has 0 unspecified atom stereocenters. The normalized spacial score (nSPS) is 11.1. The average molecular weight is 279 g/mol. The second kappa shape index (κ2) is 8.19. The number of benzene rings is 1. The van der Waals surface area contributed by atoms with Crippen LogP contribution in [-0.4, -0.2) is 32.2 Å². The van der Waals surface area contributed by atoms with Gasteiger partial charge in [0.15, 0.2) is 5.90 Å². The molecule has 0 aliphatic heterocycles. The molecule has 5 nitrogen and oxygen atoms in total. The van der Waals surface area contributed by atoms with Gasteiger partial charge in [0.2, 0.25) is 0 Å². The Morgan fingerprint density at radius 2 is 1.90 bits per heavy atom. The van der Waals surface area contributed by atoms with Crippen LogP contribution in [0.1, 0.15) is 25.8 Å². The van der Waals surface area contributed by atoms with Crippen molar-refractivity contribution in [3.63, 3.8) is 0 Å². The fourth-order valence-electron chi connectivity index (χ4n) is 1.70. The number of nitrogens with zero attached hydrogens (tertiary/aromatic N) is 1. The molecule has 5 heteroatoms. The van der Waals surface area contributed by atoms with Crippen molar-refractivity contribution in [1.29, 1.82) is 0 Å². The van der Waals surface area contributed by atoms with Crippen molar-refractivity contribution in [3.8, 4) is 5.75 Å². The highest BCUT2D eigenvalue weighted by molar-refractivity contribution is 5.95. The van der Waals surface area contributed by atoms with Gasteiger partial charge in [-0.05, 0) is 32.9 Å². The molecule has 0 bridgehead atoms. The largest absolute Gasteiger partial charge is 0.496 e. The van der Waals surface area contributed by atoms with Gasteiger partial charge in [-0.3, -0.25) is 4.79 Å². The van der Waals surface area contributed by atoms with Crippen LogP contribution in [0.3, 0.4) is 0 Å². The number of hydrogen-bond donors (Lipinski definition) is 0. The van der Waals surface area contributed by atoms with Crippen molar-refractivity contribution in [2.45, 2.75) is 27.2 Å². The van der Waals surface area contributed by atoms with Crippen LogP contribution in [0, 0.1) is 6.92 Å². The van der Waals surface area contributed by atoms with E-state index in [0.29, 0.717) is 19.1 Å². The number of rotatable bonds is 6. The van der Waals surface area contributed by atoms with Crippen LogP contribution >= 0.6 is 0 Å². The maximum absolute atomic E-state index is 11.5. The molecular weight excluding hydrogens is 258 g/mol. The molecule has 0 saturated carbocycles. The van der Waals surface area contributed by atoms with Gasteiger partial charge >= 0.3 is 5.97 Å². The number of esters is 1. The van der Waals surface area contributed by atoms with E-state index in [0.717, 1.165) is 17.0 Å². The minimum Gasteiger partial charge on any atom is -0.496 e. The molecule has 0 spiro atoms. The van der Waals surface area contributed by atoms with Crippen molar-refractivity contribution in [1.82, 2.24) is 0 Å². The molecule has 110 valence electrons. The van der Waals surface area contributed by atoms with Gasteiger partial charge in [0, 0.05) is 5.56 Å². The van der Waals surface area contributed by atoms with Gasteiger partial charge in [0.25, 0.3) is 0 Å². The van der Waals surface area contributed by atoms with E-state index in [-0.39, 0.29) is 12.4 Å². The lowest BCUT2D eigenvalue weighted by Crippen LogP contribution is -2.14. The Labute approximate surface area is 119 Å². The Bertz CT molecular complexity index is 483. The van der Waals surface area contributed by atoms with Crippen LogP contribution < -0.4 is 4.74 Å². The lowest BCUT2D eigenvalue weighted by Gasteiger charge is -2.10. The zero-order valence-corrected chi connectivity index (χ0v) is 12.4. The molecule has 1 rings (SSSR count). The SMILES string of the molecule is CCOC(=O)C/C(=N/c1cccc(OC)c1C)OCC. The number of carbonyl (C=O) groups excluding carboxylic acids is 1. The third kappa shape index (κ3) is 4.57. The number of aliphatic imine (C=N–C) groups is 1. The summed E-state index contributed by atoms with van der Waals surface area (Å²) in [5, 5.41) is 0. The average Bonchev–Trinajstić information content (AvgIpc) is 2.41. The molecule has 0 saturated heterocycles. The predicted octanol–water partition coefficient (Wildman–Crippen LogP) is 3.02. The minimum atomic E-state index is -0.347. The Morgan fingerprint density at radius 3 is 2.50 bits per heavy atom. The van der Waals surface area contributed by atoms with Crippen LogP contribution in [0.15, 0.2) is 23.2 Å². The molecule has 0 heterocycles. The number of carbonyl (C=O) groups is 1. The predicted molar refractivity (Wildman–Crippen MR) is 77.7 cm³/mol. The van der Waals surface area contributed by atoms with E-state index in [1.165, 1.54) is 0 Å². The zero-order valence-electron chi connectivity index (χ0n) is 12.4. The summed E-state index contributed by atoms with van der Waals surface area (Å²) < 4.78 is 15.6. The van der Waals surface area contributed by atoms with E-state index in [2.05, 4.69) is 4.99 Å². The van der Waals surface area contributed by atoms with Crippen LogP contribution in [0.2, 0.25) is 0 Å². The lowest BCUT2D eigenvalue weighted by molar-refractivity contribution is -0.141. The quantitative estimate of drug-likeness (QED) is 0.456. The van der Waals surface area contributed by atoms with Crippen molar-refractivity contribution in [2.24, 2.45) is 4.99 Å². The molecule has 0 N–H and O–H groups in total.